The van der Waals surface area contributed by atoms with Gasteiger partial charge in [0.1, 0.15) is 11.4 Å². The lowest BCUT2D eigenvalue weighted by molar-refractivity contribution is -0.383. The number of rotatable bonds is 4. The van der Waals surface area contributed by atoms with E-state index >= 15 is 0 Å². The third-order valence-corrected chi connectivity index (χ3v) is 3.35. The fraction of sp³-hybridized carbons (Fsp3) is 0.0714. The molecule has 11 heteroatoms. The molecule has 0 unspecified atom stereocenters. The topological polar surface area (TPSA) is 116 Å². The Balaban J connectivity index is 2.69. The summed E-state index contributed by atoms with van der Waals surface area (Å²) in [5.74, 6) is -2.13. The fourth-order valence-corrected chi connectivity index (χ4v) is 2.46. The molecule has 2 rings (SSSR count). The number of nitrogen functional groups attached to an aromatic ring is 1. The van der Waals surface area contributed by atoms with Crippen LogP contribution >= 0.6 is 11.6 Å². The Morgan fingerprint density at radius 3 is 2.28 bits per heavy atom. The molecule has 0 saturated heterocycles. The van der Waals surface area contributed by atoms with Gasteiger partial charge in [0.15, 0.2) is 0 Å². The number of halogens is 4. The third kappa shape index (κ3) is 3.91. The van der Waals surface area contributed by atoms with Gasteiger partial charge in [0.2, 0.25) is 0 Å². The summed E-state index contributed by atoms with van der Waals surface area (Å²) in [7, 11) is 0. The van der Waals surface area contributed by atoms with Crippen molar-refractivity contribution < 1.29 is 32.7 Å². The highest BCUT2D eigenvalue weighted by molar-refractivity contribution is 6.35. The zero-order chi connectivity index (χ0) is 18.9. The lowest BCUT2D eigenvalue weighted by Gasteiger charge is -2.12. The summed E-state index contributed by atoms with van der Waals surface area (Å²) in [6, 6.07) is 4.76. The molecule has 0 bridgehead atoms. The minimum absolute atomic E-state index is 0.0622. The molecular formula is C14H8ClF3N2O5. The van der Waals surface area contributed by atoms with Gasteiger partial charge in [-0.3, -0.25) is 10.1 Å². The van der Waals surface area contributed by atoms with Gasteiger partial charge in [0.25, 0.3) is 0 Å². The largest absolute Gasteiger partial charge is 0.573 e. The van der Waals surface area contributed by atoms with E-state index in [9.17, 15) is 33.2 Å². The first-order valence-corrected chi connectivity index (χ1v) is 6.75. The van der Waals surface area contributed by atoms with Crippen LogP contribution in [0.1, 0.15) is 10.4 Å². The van der Waals surface area contributed by atoms with Crippen molar-refractivity contribution in [1.82, 2.24) is 0 Å². The SMILES string of the molecule is Nc1cc(Cl)c(C(=O)O)c(-c2ccc(OC(F)(F)F)cc2)c1[N+](=O)[O-]. The van der Waals surface area contributed by atoms with Gasteiger partial charge in [0, 0.05) is 0 Å². The van der Waals surface area contributed by atoms with Gasteiger partial charge in [-0.05, 0) is 23.8 Å². The molecule has 0 saturated carbocycles. The molecule has 0 aliphatic carbocycles. The molecule has 0 aromatic heterocycles. The van der Waals surface area contributed by atoms with Gasteiger partial charge in [-0.2, -0.15) is 0 Å². The second-order valence-electron chi connectivity index (χ2n) is 4.68. The smallest absolute Gasteiger partial charge is 0.478 e. The van der Waals surface area contributed by atoms with Gasteiger partial charge >= 0.3 is 18.0 Å². The average Bonchev–Trinajstić information content (AvgIpc) is 2.44. The van der Waals surface area contributed by atoms with Crippen LogP contribution in [-0.4, -0.2) is 22.4 Å². The molecule has 0 aliphatic heterocycles. The number of nitrogens with two attached hydrogens (primary N) is 1. The van der Waals surface area contributed by atoms with Crippen LogP contribution < -0.4 is 10.5 Å². The lowest BCUT2D eigenvalue weighted by Crippen LogP contribution is -2.17. The first-order valence-electron chi connectivity index (χ1n) is 6.37. The quantitative estimate of drug-likeness (QED) is 0.471. The Morgan fingerprint density at radius 1 is 1.28 bits per heavy atom. The van der Waals surface area contributed by atoms with Crippen LogP contribution in [0.4, 0.5) is 24.5 Å². The monoisotopic (exact) mass is 376 g/mol. The molecule has 25 heavy (non-hydrogen) atoms. The van der Waals surface area contributed by atoms with Crippen molar-refractivity contribution >= 4 is 28.9 Å². The molecule has 7 nitrogen and oxygen atoms in total. The van der Waals surface area contributed by atoms with E-state index in [1.165, 1.54) is 0 Å². The van der Waals surface area contributed by atoms with Gasteiger partial charge in [-0.1, -0.05) is 23.7 Å². The molecule has 0 heterocycles. The number of aromatic carboxylic acids is 1. The van der Waals surface area contributed by atoms with Gasteiger partial charge < -0.3 is 15.6 Å². The minimum Gasteiger partial charge on any atom is -0.478 e. The number of carbonyl (C=O) groups is 1. The number of nitro benzene ring substituents is 1. The van der Waals surface area contributed by atoms with Crippen molar-refractivity contribution in [2.45, 2.75) is 6.36 Å². The third-order valence-electron chi connectivity index (χ3n) is 3.05. The fourth-order valence-electron chi connectivity index (χ4n) is 2.17. The number of ether oxygens (including phenoxy) is 1. The zero-order valence-electron chi connectivity index (χ0n) is 12.0. The molecule has 132 valence electrons. The predicted molar refractivity (Wildman–Crippen MR) is 81.6 cm³/mol. The average molecular weight is 377 g/mol. The van der Waals surface area contributed by atoms with E-state index in [-0.39, 0.29) is 16.3 Å². The van der Waals surface area contributed by atoms with Crippen molar-refractivity contribution in [3.63, 3.8) is 0 Å². The zero-order valence-corrected chi connectivity index (χ0v) is 12.8. The van der Waals surface area contributed by atoms with E-state index in [0.29, 0.717) is 0 Å². The number of nitro groups is 1. The maximum Gasteiger partial charge on any atom is 0.573 e. The Kier molecular flexibility index (Phi) is 4.75. The molecule has 0 radical (unpaired) electrons. The molecule has 0 spiro atoms. The van der Waals surface area contributed by atoms with E-state index < -0.39 is 39.8 Å². The Bertz CT molecular complexity index is 815. The van der Waals surface area contributed by atoms with E-state index in [2.05, 4.69) is 4.74 Å². The minimum atomic E-state index is -4.92. The number of nitrogens with zero attached hydrogens (tertiary/aromatic N) is 1. The van der Waals surface area contributed by atoms with Crippen LogP contribution in [0.25, 0.3) is 11.1 Å². The highest BCUT2D eigenvalue weighted by atomic mass is 35.5. The van der Waals surface area contributed by atoms with Crippen LogP contribution in [0, 0.1) is 10.1 Å². The summed E-state index contributed by atoms with van der Waals surface area (Å²) in [5, 5.41) is 20.2. The Hall–Kier alpha value is -3.01. The van der Waals surface area contributed by atoms with E-state index in [1.54, 1.807) is 0 Å². The van der Waals surface area contributed by atoms with Crippen LogP contribution in [0.3, 0.4) is 0 Å². The second-order valence-corrected chi connectivity index (χ2v) is 5.09. The van der Waals surface area contributed by atoms with E-state index in [4.69, 9.17) is 17.3 Å². The van der Waals surface area contributed by atoms with Gasteiger partial charge in [-0.15, -0.1) is 13.2 Å². The summed E-state index contributed by atoms with van der Waals surface area (Å²) in [6.45, 7) is 0. The lowest BCUT2D eigenvalue weighted by atomic mass is 9.96. The molecule has 0 aliphatic rings. The first kappa shape index (κ1) is 18.3. The normalized spacial score (nSPS) is 11.2. The van der Waals surface area contributed by atoms with Gasteiger partial charge in [0.05, 0.1) is 21.1 Å². The van der Waals surface area contributed by atoms with Crippen molar-refractivity contribution in [2.75, 3.05) is 5.73 Å². The molecule has 0 atom stereocenters. The Labute approximate surface area is 142 Å². The predicted octanol–water partition coefficient (Wildman–Crippen LogP) is 4.09. The van der Waals surface area contributed by atoms with E-state index in [0.717, 1.165) is 30.3 Å². The van der Waals surface area contributed by atoms with Gasteiger partial charge in [-0.25, -0.2) is 4.79 Å². The number of alkyl halides is 3. The van der Waals surface area contributed by atoms with Crippen molar-refractivity contribution in [3.05, 3.63) is 51.0 Å². The number of anilines is 1. The number of carboxylic acids is 1. The highest BCUT2D eigenvalue weighted by Crippen LogP contribution is 2.42. The van der Waals surface area contributed by atoms with Crippen molar-refractivity contribution in [1.29, 1.82) is 0 Å². The van der Waals surface area contributed by atoms with E-state index in [1.807, 2.05) is 0 Å². The summed E-state index contributed by atoms with van der Waals surface area (Å²) < 4.78 is 40.3. The first-order chi connectivity index (χ1) is 11.5. The maximum absolute atomic E-state index is 12.2. The van der Waals surface area contributed by atoms with Crippen molar-refractivity contribution in [3.8, 4) is 16.9 Å². The molecule has 2 aromatic rings. The van der Waals surface area contributed by atoms with Crippen molar-refractivity contribution in [2.24, 2.45) is 0 Å². The summed E-state index contributed by atoms with van der Waals surface area (Å²) in [6.07, 6.45) is -4.92. The standard InChI is InChI=1S/C14H8ClF3N2O5/c15-8-5-9(19)12(20(23)24)10(11(8)13(21)22)6-1-3-7(4-2-6)25-14(16,17)18/h1-5H,19H2,(H,21,22). The van der Waals surface area contributed by atoms with Crippen LogP contribution in [0.15, 0.2) is 30.3 Å². The molecule has 0 fully saturated rings. The highest BCUT2D eigenvalue weighted by Gasteiger charge is 2.32. The Morgan fingerprint density at radius 2 is 1.84 bits per heavy atom. The second kappa shape index (κ2) is 6.48. The number of hydrogen-bond acceptors (Lipinski definition) is 5. The number of benzene rings is 2. The summed E-state index contributed by atoms with van der Waals surface area (Å²) in [4.78, 5) is 21.8. The molecule has 0 amide bonds. The maximum atomic E-state index is 12.2. The molecular weight excluding hydrogens is 369 g/mol. The summed E-state index contributed by atoms with van der Waals surface area (Å²) >= 11 is 5.82. The number of hydrogen-bond donors (Lipinski definition) is 2. The van der Waals surface area contributed by atoms with Crippen LogP contribution in [0.5, 0.6) is 5.75 Å². The number of carboxylic acid groups (broad SMARTS) is 1. The summed E-state index contributed by atoms with van der Waals surface area (Å²) in [5.41, 5.74) is 3.38. The molecule has 3 N–H and O–H groups in total. The van der Waals surface area contributed by atoms with Crippen LogP contribution in [0.2, 0.25) is 5.02 Å². The van der Waals surface area contributed by atoms with Crippen LogP contribution in [-0.2, 0) is 0 Å². The molecule has 2 aromatic carbocycles.